The lowest BCUT2D eigenvalue weighted by molar-refractivity contribution is -0.116. The fourth-order valence-electron chi connectivity index (χ4n) is 2.06. The van der Waals surface area contributed by atoms with Crippen molar-refractivity contribution in [1.82, 2.24) is 5.32 Å². The molecule has 0 unspecified atom stereocenters. The first-order valence-electron chi connectivity index (χ1n) is 8.03. The Bertz CT molecular complexity index is 660. The Labute approximate surface area is 143 Å². The summed E-state index contributed by atoms with van der Waals surface area (Å²) in [6.45, 7) is 3.27. The molecule has 2 aromatic rings. The average molecular weight is 325 g/mol. The molecule has 0 saturated carbocycles. The largest absolute Gasteiger partial charge is 0.497 e. The van der Waals surface area contributed by atoms with Gasteiger partial charge in [0.05, 0.1) is 13.7 Å². The summed E-state index contributed by atoms with van der Waals surface area (Å²) in [6.07, 6.45) is 4.30. The molecular formula is C20H23NO3. The highest BCUT2D eigenvalue weighted by molar-refractivity contribution is 5.91. The third-order valence-corrected chi connectivity index (χ3v) is 3.41. The maximum atomic E-state index is 11.9. The Balaban J connectivity index is 1.81. The molecule has 1 N–H and O–H groups in total. The zero-order valence-electron chi connectivity index (χ0n) is 14.1. The van der Waals surface area contributed by atoms with Crippen LogP contribution < -0.4 is 14.8 Å². The summed E-state index contributed by atoms with van der Waals surface area (Å²) in [5, 5.41) is 2.85. The van der Waals surface area contributed by atoms with Crippen LogP contribution in [0.1, 0.15) is 24.5 Å². The highest BCUT2D eigenvalue weighted by Crippen LogP contribution is 2.13. The Kier molecular flexibility index (Phi) is 6.90. The predicted octanol–water partition coefficient (Wildman–Crippen LogP) is 3.81. The Morgan fingerprint density at radius 3 is 2.33 bits per heavy atom. The van der Waals surface area contributed by atoms with Gasteiger partial charge >= 0.3 is 0 Å². The SMILES string of the molecule is CCCOc1ccc(/C=C/C(=O)NCc2ccc(OC)cc2)cc1. The first kappa shape index (κ1) is 17.6. The van der Waals surface area contributed by atoms with E-state index in [2.05, 4.69) is 12.2 Å². The maximum absolute atomic E-state index is 11.9. The number of ether oxygens (including phenoxy) is 2. The number of amides is 1. The van der Waals surface area contributed by atoms with E-state index in [9.17, 15) is 4.79 Å². The standard InChI is InChI=1S/C20H23NO3/c1-3-14-24-19-11-4-16(5-12-19)8-13-20(22)21-15-17-6-9-18(23-2)10-7-17/h4-13H,3,14-15H2,1-2H3,(H,21,22)/b13-8+. The molecule has 0 fully saturated rings. The topological polar surface area (TPSA) is 47.6 Å². The van der Waals surface area contributed by atoms with Crippen molar-refractivity contribution in [3.63, 3.8) is 0 Å². The molecule has 24 heavy (non-hydrogen) atoms. The van der Waals surface area contributed by atoms with Gasteiger partial charge in [-0.05, 0) is 47.9 Å². The lowest BCUT2D eigenvalue weighted by Gasteiger charge is -2.05. The van der Waals surface area contributed by atoms with Crippen molar-refractivity contribution in [1.29, 1.82) is 0 Å². The van der Waals surface area contributed by atoms with Crippen LogP contribution in [0.5, 0.6) is 11.5 Å². The van der Waals surface area contributed by atoms with Crippen molar-refractivity contribution < 1.29 is 14.3 Å². The van der Waals surface area contributed by atoms with Crippen LogP contribution in [0.3, 0.4) is 0 Å². The molecule has 0 aliphatic rings. The Morgan fingerprint density at radius 2 is 1.71 bits per heavy atom. The molecule has 0 bridgehead atoms. The number of carbonyl (C=O) groups is 1. The zero-order chi connectivity index (χ0) is 17.2. The van der Waals surface area contributed by atoms with Crippen LogP contribution in [0.15, 0.2) is 54.6 Å². The van der Waals surface area contributed by atoms with Crippen molar-refractivity contribution in [3.8, 4) is 11.5 Å². The molecule has 4 heteroatoms. The fraction of sp³-hybridized carbons (Fsp3) is 0.250. The number of benzene rings is 2. The van der Waals surface area contributed by atoms with Crippen LogP contribution in [0, 0.1) is 0 Å². The summed E-state index contributed by atoms with van der Waals surface area (Å²) < 4.78 is 10.6. The summed E-state index contributed by atoms with van der Waals surface area (Å²) in [4.78, 5) is 11.9. The average Bonchev–Trinajstić information content (AvgIpc) is 2.64. The number of hydrogen-bond acceptors (Lipinski definition) is 3. The third kappa shape index (κ3) is 5.80. The molecule has 0 spiro atoms. The van der Waals surface area contributed by atoms with E-state index in [1.54, 1.807) is 13.2 Å². The van der Waals surface area contributed by atoms with Gasteiger partial charge in [-0.25, -0.2) is 0 Å². The van der Waals surface area contributed by atoms with Crippen LogP contribution in [0.4, 0.5) is 0 Å². The Morgan fingerprint density at radius 1 is 1.04 bits per heavy atom. The summed E-state index contributed by atoms with van der Waals surface area (Å²) in [5.74, 6) is 1.52. The van der Waals surface area contributed by atoms with Crippen molar-refractivity contribution in [2.75, 3.05) is 13.7 Å². The van der Waals surface area contributed by atoms with Gasteiger partial charge in [0, 0.05) is 12.6 Å². The number of rotatable bonds is 8. The smallest absolute Gasteiger partial charge is 0.244 e. The minimum absolute atomic E-state index is 0.128. The summed E-state index contributed by atoms with van der Waals surface area (Å²) >= 11 is 0. The molecule has 1 amide bonds. The van der Waals surface area contributed by atoms with Gasteiger partial charge < -0.3 is 14.8 Å². The molecule has 126 valence electrons. The van der Waals surface area contributed by atoms with E-state index in [1.807, 2.05) is 48.5 Å². The van der Waals surface area contributed by atoms with Gasteiger partial charge in [-0.2, -0.15) is 0 Å². The summed E-state index contributed by atoms with van der Waals surface area (Å²) in [5.41, 5.74) is 1.98. The van der Waals surface area contributed by atoms with E-state index in [0.29, 0.717) is 13.2 Å². The van der Waals surface area contributed by atoms with Crippen LogP contribution in [0.25, 0.3) is 6.08 Å². The number of nitrogens with one attached hydrogen (secondary N) is 1. The summed E-state index contributed by atoms with van der Waals surface area (Å²) in [6, 6.07) is 15.3. The van der Waals surface area contributed by atoms with E-state index in [-0.39, 0.29) is 5.91 Å². The third-order valence-electron chi connectivity index (χ3n) is 3.41. The monoisotopic (exact) mass is 325 g/mol. The molecule has 2 rings (SSSR count). The van der Waals surface area contributed by atoms with E-state index >= 15 is 0 Å². The molecule has 0 saturated heterocycles. The van der Waals surface area contributed by atoms with Crippen LogP contribution in [-0.2, 0) is 11.3 Å². The van der Waals surface area contributed by atoms with Gasteiger partial charge in [0.2, 0.25) is 5.91 Å². The van der Waals surface area contributed by atoms with Crippen molar-refractivity contribution in [2.24, 2.45) is 0 Å². The van der Waals surface area contributed by atoms with Gasteiger partial charge in [0.1, 0.15) is 11.5 Å². The van der Waals surface area contributed by atoms with E-state index < -0.39 is 0 Å². The Hall–Kier alpha value is -2.75. The quantitative estimate of drug-likeness (QED) is 0.751. The highest BCUT2D eigenvalue weighted by Gasteiger charge is 1.98. The fourth-order valence-corrected chi connectivity index (χ4v) is 2.06. The summed E-state index contributed by atoms with van der Waals surface area (Å²) in [7, 11) is 1.63. The van der Waals surface area contributed by atoms with E-state index in [1.165, 1.54) is 6.08 Å². The molecule has 0 atom stereocenters. The molecule has 0 heterocycles. The normalized spacial score (nSPS) is 10.6. The van der Waals surface area contributed by atoms with Crippen LogP contribution >= 0.6 is 0 Å². The van der Waals surface area contributed by atoms with Crippen LogP contribution in [-0.4, -0.2) is 19.6 Å². The highest BCUT2D eigenvalue weighted by atomic mass is 16.5. The van der Waals surface area contributed by atoms with Crippen molar-refractivity contribution in [2.45, 2.75) is 19.9 Å². The second-order valence-electron chi connectivity index (χ2n) is 5.32. The van der Waals surface area contributed by atoms with Gasteiger partial charge in [0.25, 0.3) is 0 Å². The lowest BCUT2D eigenvalue weighted by Crippen LogP contribution is -2.20. The second kappa shape index (κ2) is 9.40. The van der Waals surface area contributed by atoms with E-state index in [4.69, 9.17) is 9.47 Å². The molecule has 2 aromatic carbocycles. The molecule has 0 aliphatic carbocycles. The first-order valence-corrected chi connectivity index (χ1v) is 8.03. The van der Waals surface area contributed by atoms with Gasteiger partial charge in [-0.15, -0.1) is 0 Å². The number of carbonyl (C=O) groups excluding carboxylic acids is 1. The molecule has 0 radical (unpaired) electrons. The minimum atomic E-state index is -0.128. The molecular weight excluding hydrogens is 302 g/mol. The first-order chi connectivity index (χ1) is 11.7. The van der Waals surface area contributed by atoms with Crippen molar-refractivity contribution >= 4 is 12.0 Å². The predicted molar refractivity (Wildman–Crippen MR) is 96.1 cm³/mol. The second-order valence-corrected chi connectivity index (χ2v) is 5.32. The molecule has 0 aromatic heterocycles. The van der Waals surface area contributed by atoms with E-state index in [0.717, 1.165) is 29.0 Å². The minimum Gasteiger partial charge on any atom is -0.497 e. The zero-order valence-corrected chi connectivity index (χ0v) is 14.1. The molecule has 4 nitrogen and oxygen atoms in total. The van der Waals surface area contributed by atoms with Gasteiger partial charge in [-0.3, -0.25) is 4.79 Å². The van der Waals surface area contributed by atoms with Gasteiger partial charge in [-0.1, -0.05) is 31.2 Å². The van der Waals surface area contributed by atoms with Crippen LogP contribution in [0.2, 0.25) is 0 Å². The number of methoxy groups -OCH3 is 1. The van der Waals surface area contributed by atoms with Crippen molar-refractivity contribution in [3.05, 3.63) is 65.7 Å². The number of hydrogen-bond donors (Lipinski definition) is 1. The maximum Gasteiger partial charge on any atom is 0.244 e. The lowest BCUT2D eigenvalue weighted by atomic mass is 10.2. The van der Waals surface area contributed by atoms with Gasteiger partial charge in [0.15, 0.2) is 0 Å². The molecule has 0 aliphatic heterocycles.